The van der Waals surface area contributed by atoms with Crippen LogP contribution in [0.1, 0.15) is 26.7 Å². The van der Waals surface area contributed by atoms with Gasteiger partial charge in [-0.25, -0.2) is 0 Å². The van der Waals surface area contributed by atoms with Crippen LogP contribution in [0.3, 0.4) is 0 Å². The number of carbonyl (C=O) groups is 2. The van der Waals surface area contributed by atoms with Crippen molar-refractivity contribution in [2.75, 3.05) is 32.7 Å². The van der Waals surface area contributed by atoms with Crippen molar-refractivity contribution in [1.29, 1.82) is 0 Å². The van der Waals surface area contributed by atoms with E-state index in [4.69, 9.17) is 5.73 Å². The van der Waals surface area contributed by atoms with Gasteiger partial charge in [-0.1, -0.05) is 6.92 Å². The first kappa shape index (κ1) is 15.3. The van der Waals surface area contributed by atoms with Crippen molar-refractivity contribution in [3.63, 3.8) is 0 Å². The maximum absolute atomic E-state index is 12.0. The van der Waals surface area contributed by atoms with Gasteiger partial charge in [0, 0.05) is 44.7 Å². The van der Waals surface area contributed by atoms with Gasteiger partial charge < -0.3 is 16.0 Å². The van der Waals surface area contributed by atoms with E-state index in [9.17, 15) is 9.59 Å². The molecule has 1 aliphatic heterocycles. The van der Waals surface area contributed by atoms with Crippen LogP contribution in [0.15, 0.2) is 0 Å². The number of nitrogens with zero attached hydrogens (tertiary/aromatic N) is 2. The summed E-state index contributed by atoms with van der Waals surface area (Å²) >= 11 is 0. The van der Waals surface area contributed by atoms with Crippen molar-refractivity contribution >= 4 is 11.8 Å². The standard InChI is InChI=1S/C14H26N4O2/c1-10(9-15)14(20)18-7-5-17(6-8-18)11(2)13(19)16-12-3-4-12/h10-12H,3-9,15H2,1-2H3,(H,16,19). The Morgan fingerprint density at radius 1 is 1.20 bits per heavy atom. The highest BCUT2D eigenvalue weighted by Gasteiger charge is 2.31. The van der Waals surface area contributed by atoms with E-state index < -0.39 is 0 Å². The number of nitrogens with one attached hydrogen (secondary N) is 1. The molecule has 1 aliphatic carbocycles. The summed E-state index contributed by atoms with van der Waals surface area (Å²) in [6, 6.07) is 0.290. The van der Waals surface area contributed by atoms with Crippen LogP contribution < -0.4 is 11.1 Å². The minimum absolute atomic E-state index is 0.111. The van der Waals surface area contributed by atoms with E-state index in [2.05, 4.69) is 10.2 Å². The maximum Gasteiger partial charge on any atom is 0.237 e. The van der Waals surface area contributed by atoms with Crippen LogP contribution >= 0.6 is 0 Å². The van der Waals surface area contributed by atoms with Gasteiger partial charge in [-0.2, -0.15) is 0 Å². The van der Waals surface area contributed by atoms with Crippen molar-refractivity contribution < 1.29 is 9.59 Å². The van der Waals surface area contributed by atoms with E-state index in [0.29, 0.717) is 25.7 Å². The molecule has 114 valence electrons. The summed E-state index contributed by atoms with van der Waals surface area (Å²) < 4.78 is 0. The molecule has 2 rings (SSSR count). The third-order valence-electron chi connectivity index (χ3n) is 4.25. The summed E-state index contributed by atoms with van der Waals surface area (Å²) in [6.07, 6.45) is 2.22. The minimum Gasteiger partial charge on any atom is -0.352 e. The van der Waals surface area contributed by atoms with Gasteiger partial charge in [0.2, 0.25) is 11.8 Å². The first-order valence-corrected chi connectivity index (χ1v) is 7.56. The van der Waals surface area contributed by atoms with Crippen LogP contribution in [0.25, 0.3) is 0 Å². The smallest absolute Gasteiger partial charge is 0.237 e. The van der Waals surface area contributed by atoms with E-state index in [0.717, 1.165) is 25.9 Å². The van der Waals surface area contributed by atoms with Crippen LogP contribution in [0, 0.1) is 5.92 Å². The van der Waals surface area contributed by atoms with Crippen molar-refractivity contribution in [2.24, 2.45) is 11.7 Å². The first-order chi connectivity index (χ1) is 9.52. The molecule has 0 aromatic carbocycles. The Hall–Kier alpha value is -1.14. The molecule has 3 N–H and O–H groups in total. The van der Waals surface area contributed by atoms with E-state index in [1.165, 1.54) is 0 Å². The van der Waals surface area contributed by atoms with Crippen molar-refractivity contribution in [2.45, 2.75) is 38.8 Å². The third kappa shape index (κ3) is 3.70. The van der Waals surface area contributed by atoms with E-state index in [-0.39, 0.29) is 23.8 Å². The molecule has 2 unspecified atom stereocenters. The topological polar surface area (TPSA) is 78.7 Å². The van der Waals surface area contributed by atoms with E-state index in [1.807, 2.05) is 18.7 Å². The summed E-state index contributed by atoms with van der Waals surface area (Å²) in [5.74, 6) is 0.127. The quantitative estimate of drug-likeness (QED) is 0.705. The SMILES string of the molecule is CC(CN)C(=O)N1CCN(C(C)C(=O)NC2CC2)CC1. The Morgan fingerprint density at radius 2 is 1.80 bits per heavy atom. The Bertz CT molecular complexity index is 362. The second kappa shape index (κ2) is 6.54. The second-order valence-corrected chi connectivity index (χ2v) is 5.96. The van der Waals surface area contributed by atoms with Crippen LogP contribution in [-0.2, 0) is 9.59 Å². The molecule has 2 atom stereocenters. The fourth-order valence-corrected chi connectivity index (χ4v) is 2.46. The molecule has 6 heteroatoms. The minimum atomic E-state index is -0.114. The molecule has 2 fully saturated rings. The van der Waals surface area contributed by atoms with Gasteiger partial charge in [-0.05, 0) is 19.8 Å². The van der Waals surface area contributed by atoms with Crippen molar-refractivity contribution in [3.05, 3.63) is 0 Å². The number of piperazine rings is 1. The first-order valence-electron chi connectivity index (χ1n) is 7.56. The number of nitrogens with two attached hydrogens (primary N) is 1. The lowest BCUT2D eigenvalue weighted by molar-refractivity contribution is -0.137. The molecular weight excluding hydrogens is 256 g/mol. The average Bonchev–Trinajstić information content (AvgIpc) is 3.28. The van der Waals surface area contributed by atoms with Gasteiger partial charge in [0.15, 0.2) is 0 Å². The van der Waals surface area contributed by atoms with Gasteiger partial charge in [0.25, 0.3) is 0 Å². The zero-order valence-corrected chi connectivity index (χ0v) is 12.5. The molecule has 20 heavy (non-hydrogen) atoms. The molecular formula is C14H26N4O2. The number of hydrogen-bond donors (Lipinski definition) is 2. The van der Waals surface area contributed by atoms with Gasteiger partial charge in [-0.3, -0.25) is 14.5 Å². The lowest BCUT2D eigenvalue weighted by atomic mass is 10.1. The van der Waals surface area contributed by atoms with E-state index in [1.54, 1.807) is 0 Å². The lowest BCUT2D eigenvalue weighted by Gasteiger charge is -2.38. The molecule has 0 aromatic heterocycles. The molecule has 2 amide bonds. The van der Waals surface area contributed by atoms with Crippen molar-refractivity contribution in [3.8, 4) is 0 Å². The highest BCUT2D eigenvalue weighted by Crippen LogP contribution is 2.19. The largest absolute Gasteiger partial charge is 0.352 e. The highest BCUT2D eigenvalue weighted by molar-refractivity contribution is 5.82. The summed E-state index contributed by atoms with van der Waals surface area (Å²) in [7, 11) is 0. The monoisotopic (exact) mass is 282 g/mol. The van der Waals surface area contributed by atoms with Crippen LogP contribution in [0.2, 0.25) is 0 Å². The molecule has 6 nitrogen and oxygen atoms in total. The molecule has 0 aromatic rings. The predicted octanol–water partition coefficient (Wildman–Crippen LogP) is -0.607. The number of amides is 2. The molecule has 0 radical (unpaired) electrons. The molecule has 1 heterocycles. The number of rotatable bonds is 5. The van der Waals surface area contributed by atoms with Gasteiger partial charge in [-0.15, -0.1) is 0 Å². The summed E-state index contributed by atoms with van der Waals surface area (Å²) in [4.78, 5) is 28.1. The Balaban J connectivity index is 1.78. The molecule has 1 saturated carbocycles. The van der Waals surface area contributed by atoms with Crippen molar-refractivity contribution in [1.82, 2.24) is 15.1 Å². The predicted molar refractivity (Wildman–Crippen MR) is 77.0 cm³/mol. The fraction of sp³-hybridized carbons (Fsp3) is 0.857. The van der Waals surface area contributed by atoms with Crippen LogP contribution in [0.4, 0.5) is 0 Å². The Kier molecular flexibility index (Phi) is 4.99. The summed E-state index contributed by atoms with van der Waals surface area (Å²) in [5, 5.41) is 3.03. The molecule has 2 aliphatic rings. The normalized spacial score (nSPS) is 23.2. The highest BCUT2D eigenvalue weighted by atomic mass is 16.2. The molecule has 1 saturated heterocycles. The summed E-state index contributed by atoms with van der Waals surface area (Å²) in [5.41, 5.74) is 5.54. The van der Waals surface area contributed by atoms with Crippen LogP contribution in [0.5, 0.6) is 0 Å². The second-order valence-electron chi connectivity index (χ2n) is 5.96. The molecule has 0 bridgehead atoms. The van der Waals surface area contributed by atoms with Gasteiger partial charge in [0.05, 0.1) is 6.04 Å². The Morgan fingerprint density at radius 3 is 2.30 bits per heavy atom. The number of carbonyl (C=O) groups excluding carboxylic acids is 2. The summed E-state index contributed by atoms with van der Waals surface area (Å²) in [6.45, 7) is 7.07. The fourth-order valence-electron chi connectivity index (χ4n) is 2.46. The third-order valence-corrected chi connectivity index (χ3v) is 4.25. The van der Waals surface area contributed by atoms with Gasteiger partial charge in [0.1, 0.15) is 0 Å². The zero-order chi connectivity index (χ0) is 14.7. The van der Waals surface area contributed by atoms with Crippen LogP contribution in [-0.4, -0.2) is 66.4 Å². The van der Waals surface area contributed by atoms with E-state index >= 15 is 0 Å². The zero-order valence-electron chi connectivity index (χ0n) is 12.5. The number of hydrogen-bond acceptors (Lipinski definition) is 4. The lowest BCUT2D eigenvalue weighted by Crippen LogP contribution is -2.56. The average molecular weight is 282 g/mol. The van der Waals surface area contributed by atoms with Gasteiger partial charge >= 0.3 is 0 Å². The molecule has 0 spiro atoms. The maximum atomic E-state index is 12.0. The Labute approximate surface area is 120 Å².